The van der Waals surface area contributed by atoms with Gasteiger partial charge in [0.25, 0.3) is 5.91 Å². The molecule has 1 aliphatic rings. The van der Waals surface area contributed by atoms with Gasteiger partial charge in [0.2, 0.25) is 20.0 Å². The lowest BCUT2D eigenvalue weighted by Gasteiger charge is -2.42. The van der Waals surface area contributed by atoms with Crippen LogP contribution >= 0.6 is 0 Å². The maximum atomic E-state index is 13.2. The summed E-state index contributed by atoms with van der Waals surface area (Å²) in [7, 11) is -7.91. The fourth-order valence-corrected chi connectivity index (χ4v) is 6.08. The number of carbonyl (C=O) groups is 1. The number of nitrogens with one attached hydrogen (secondary N) is 1. The number of carbonyl (C=O) groups excluding carboxylic acids is 1. The van der Waals surface area contributed by atoms with Crippen molar-refractivity contribution in [1.29, 1.82) is 0 Å². The largest absolute Gasteiger partial charge is 0.481 e. The van der Waals surface area contributed by atoms with E-state index < -0.39 is 43.6 Å². The zero-order chi connectivity index (χ0) is 24.3. The Morgan fingerprint density at radius 1 is 1.19 bits per heavy atom. The molecule has 0 aliphatic carbocycles. The monoisotopic (exact) mass is 489 g/mol. The third-order valence-electron chi connectivity index (χ3n) is 4.70. The van der Waals surface area contributed by atoms with Crippen LogP contribution in [0.2, 0.25) is 0 Å². The van der Waals surface area contributed by atoms with Gasteiger partial charge in [0.1, 0.15) is 24.0 Å². The summed E-state index contributed by atoms with van der Waals surface area (Å²) in [6, 6.07) is 2.89. The number of hydrogen-bond donors (Lipinski definition) is 3. The van der Waals surface area contributed by atoms with Gasteiger partial charge in [0.15, 0.2) is 0 Å². The summed E-state index contributed by atoms with van der Waals surface area (Å²) >= 11 is 0. The molecule has 2 unspecified atom stereocenters. The highest BCUT2D eigenvalue weighted by Gasteiger charge is 2.47. The van der Waals surface area contributed by atoms with E-state index >= 15 is 0 Å². The number of rotatable bonds is 6. The minimum absolute atomic E-state index is 0.0141. The maximum Gasteiger partial charge on any atom is 0.263 e. The van der Waals surface area contributed by atoms with E-state index in [1.165, 1.54) is 50.5 Å². The number of amides is 1. The summed E-state index contributed by atoms with van der Waals surface area (Å²) in [6.07, 6.45) is 0.964. The van der Waals surface area contributed by atoms with Crippen LogP contribution in [0.25, 0.3) is 0 Å². The highest BCUT2D eigenvalue weighted by molar-refractivity contribution is 7.89. The first-order valence-corrected chi connectivity index (χ1v) is 12.8. The minimum Gasteiger partial charge on any atom is -0.481 e. The molecule has 0 spiro atoms. The number of benzene rings is 1. The number of piperazine rings is 1. The van der Waals surface area contributed by atoms with Crippen molar-refractivity contribution in [3.63, 3.8) is 0 Å². The Morgan fingerprint density at radius 3 is 2.25 bits per heavy atom. The molecule has 2 atom stereocenters. The molecular formula is C19H27N3O8S2. The lowest BCUT2D eigenvalue weighted by Crippen LogP contribution is -2.65. The average molecular weight is 490 g/mol. The van der Waals surface area contributed by atoms with Crippen molar-refractivity contribution in [2.45, 2.75) is 43.4 Å². The van der Waals surface area contributed by atoms with Gasteiger partial charge in [-0.05, 0) is 45.0 Å². The fourth-order valence-electron chi connectivity index (χ4n) is 3.31. The molecule has 0 bridgehead atoms. The van der Waals surface area contributed by atoms with Crippen LogP contribution in [0.4, 0.5) is 0 Å². The average Bonchev–Trinajstić information content (AvgIpc) is 2.69. The Bertz CT molecular complexity index is 1100. The molecule has 178 valence electrons. The molecule has 0 saturated carbocycles. The molecule has 32 heavy (non-hydrogen) atoms. The molecule has 11 nitrogen and oxygen atoms in total. The van der Waals surface area contributed by atoms with E-state index in [1.54, 1.807) is 0 Å². The Hall–Kier alpha value is -2.21. The van der Waals surface area contributed by atoms with Gasteiger partial charge in [-0.2, -0.15) is 8.61 Å². The van der Waals surface area contributed by atoms with Crippen LogP contribution in [0.5, 0.6) is 5.75 Å². The molecule has 1 saturated heterocycles. The van der Waals surface area contributed by atoms with E-state index in [0.29, 0.717) is 5.75 Å². The van der Waals surface area contributed by atoms with Crippen LogP contribution in [0.1, 0.15) is 20.8 Å². The summed E-state index contributed by atoms with van der Waals surface area (Å²) < 4.78 is 57.7. The zero-order valence-corrected chi connectivity index (χ0v) is 19.8. The summed E-state index contributed by atoms with van der Waals surface area (Å²) in [6.45, 7) is 4.02. The van der Waals surface area contributed by atoms with Gasteiger partial charge in [-0.15, -0.1) is 0 Å². The zero-order valence-electron chi connectivity index (χ0n) is 18.1. The van der Waals surface area contributed by atoms with Crippen molar-refractivity contribution >= 4 is 26.0 Å². The van der Waals surface area contributed by atoms with Crippen molar-refractivity contribution in [2.24, 2.45) is 0 Å². The van der Waals surface area contributed by atoms with Gasteiger partial charge in [0.05, 0.1) is 11.2 Å². The van der Waals surface area contributed by atoms with E-state index in [-0.39, 0.29) is 24.6 Å². The van der Waals surface area contributed by atoms with Gasteiger partial charge < -0.3 is 9.84 Å². The number of sulfonamides is 2. The van der Waals surface area contributed by atoms with Gasteiger partial charge in [-0.3, -0.25) is 10.0 Å². The van der Waals surface area contributed by atoms with Crippen molar-refractivity contribution < 1.29 is 36.7 Å². The third-order valence-corrected chi connectivity index (χ3v) is 7.96. The molecular weight excluding hydrogens is 462 g/mol. The van der Waals surface area contributed by atoms with E-state index in [1.807, 2.05) is 0 Å². The second-order valence-corrected chi connectivity index (χ2v) is 11.6. The van der Waals surface area contributed by atoms with E-state index in [0.717, 1.165) is 14.9 Å². The molecule has 1 amide bonds. The molecule has 2 rings (SSSR count). The summed E-state index contributed by atoms with van der Waals surface area (Å²) in [5.41, 5.74) is 0.266. The number of ether oxygens (including phenoxy) is 1. The van der Waals surface area contributed by atoms with Crippen molar-refractivity contribution in [2.75, 3.05) is 26.0 Å². The summed E-state index contributed by atoms with van der Waals surface area (Å²) in [5, 5.41) is 18.6. The van der Waals surface area contributed by atoms with E-state index in [9.17, 15) is 26.7 Å². The van der Waals surface area contributed by atoms with Crippen LogP contribution in [-0.4, -0.2) is 85.3 Å². The first-order chi connectivity index (χ1) is 14.7. The molecule has 3 N–H and O–H groups in total. The van der Waals surface area contributed by atoms with Crippen molar-refractivity contribution in [3.8, 4) is 17.6 Å². The lowest BCUT2D eigenvalue weighted by molar-refractivity contribution is -0.135. The fraction of sp³-hybridized carbons (Fsp3) is 0.526. The smallest absolute Gasteiger partial charge is 0.263 e. The Labute approximate surface area is 188 Å². The molecule has 1 fully saturated rings. The van der Waals surface area contributed by atoms with Gasteiger partial charge in [0, 0.05) is 19.1 Å². The molecule has 13 heteroatoms. The molecule has 1 aromatic rings. The normalized spacial score (nSPS) is 20.8. The molecule has 1 heterocycles. The highest BCUT2D eigenvalue weighted by Crippen LogP contribution is 2.27. The first kappa shape index (κ1) is 26.0. The molecule has 1 aliphatic heterocycles. The third kappa shape index (κ3) is 6.18. The quantitative estimate of drug-likeness (QED) is 0.271. The number of hydroxylamine groups is 1. The topological polar surface area (TPSA) is 154 Å². The van der Waals surface area contributed by atoms with Crippen molar-refractivity contribution in [1.82, 2.24) is 14.1 Å². The Balaban J connectivity index is 2.27. The second kappa shape index (κ2) is 9.74. The van der Waals surface area contributed by atoms with Crippen LogP contribution < -0.4 is 10.2 Å². The molecule has 1 aromatic carbocycles. The van der Waals surface area contributed by atoms with Gasteiger partial charge in [-0.25, -0.2) is 22.3 Å². The van der Waals surface area contributed by atoms with Crippen LogP contribution in [-0.2, 0) is 24.8 Å². The summed E-state index contributed by atoms with van der Waals surface area (Å²) in [5.74, 6) is 4.53. The SMILES string of the molecule is CC1C(C(=O)NO)N(S(=O)(=O)c2ccc(OCC#CC(C)(C)O)cc2)CCN1S(C)(=O)=O. The predicted molar refractivity (Wildman–Crippen MR) is 115 cm³/mol. The molecule has 0 aromatic heterocycles. The molecule has 0 radical (unpaired) electrons. The second-order valence-electron chi connectivity index (χ2n) is 7.77. The Kier molecular flexibility index (Phi) is 7.92. The van der Waals surface area contributed by atoms with Crippen LogP contribution in [0, 0.1) is 11.8 Å². The minimum atomic E-state index is -4.21. The van der Waals surface area contributed by atoms with Gasteiger partial charge >= 0.3 is 0 Å². The van der Waals surface area contributed by atoms with Crippen LogP contribution in [0.3, 0.4) is 0 Å². The van der Waals surface area contributed by atoms with E-state index in [2.05, 4.69) is 11.8 Å². The predicted octanol–water partition coefficient (Wildman–Crippen LogP) is -0.632. The van der Waals surface area contributed by atoms with Crippen LogP contribution in [0.15, 0.2) is 29.2 Å². The Morgan fingerprint density at radius 2 is 1.75 bits per heavy atom. The maximum absolute atomic E-state index is 13.2. The lowest BCUT2D eigenvalue weighted by atomic mass is 10.1. The number of aliphatic hydroxyl groups is 1. The van der Waals surface area contributed by atoms with Gasteiger partial charge in [-0.1, -0.05) is 11.8 Å². The highest BCUT2D eigenvalue weighted by atomic mass is 32.2. The van der Waals surface area contributed by atoms with Crippen molar-refractivity contribution in [3.05, 3.63) is 24.3 Å². The van der Waals surface area contributed by atoms with E-state index in [4.69, 9.17) is 9.94 Å². The standard InChI is InChI=1S/C19H27N3O8S2/c1-14-17(18(23)20-25)22(12-11-21(14)31(4,26)27)32(28,29)16-8-6-15(7-9-16)30-13-5-10-19(2,3)24/h6-9,14,17,24-25H,11-13H2,1-4H3,(H,20,23). The first-order valence-electron chi connectivity index (χ1n) is 9.56. The summed E-state index contributed by atoms with van der Waals surface area (Å²) in [4.78, 5) is 12.1. The number of nitrogens with zero attached hydrogens (tertiary/aromatic N) is 2. The number of hydrogen-bond acceptors (Lipinski definition) is 8.